The summed E-state index contributed by atoms with van der Waals surface area (Å²) in [5.74, 6) is -0.322. The fourth-order valence-corrected chi connectivity index (χ4v) is 2.55. The van der Waals surface area contributed by atoms with Crippen molar-refractivity contribution in [3.8, 4) is 23.6 Å². The second kappa shape index (κ2) is 5.32. The van der Waals surface area contributed by atoms with Crippen LogP contribution in [0.25, 0.3) is 16.6 Å². The molecule has 1 heterocycles. The van der Waals surface area contributed by atoms with Crippen molar-refractivity contribution in [1.82, 2.24) is 4.57 Å². The van der Waals surface area contributed by atoms with Gasteiger partial charge in [-0.3, -0.25) is 9.36 Å². The van der Waals surface area contributed by atoms with Crippen molar-refractivity contribution in [2.24, 2.45) is 0 Å². The third kappa shape index (κ3) is 2.12. The zero-order valence-corrected chi connectivity index (χ0v) is 12.2. The van der Waals surface area contributed by atoms with E-state index in [1.807, 2.05) is 0 Å². The predicted molar refractivity (Wildman–Crippen MR) is 85.4 cm³/mol. The van der Waals surface area contributed by atoms with Gasteiger partial charge in [-0.2, -0.15) is 10.5 Å². The van der Waals surface area contributed by atoms with E-state index in [9.17, 15) is 20.4 Å². The minimum atomic E-state index is -0.614. The molecule has 5 heteroatoms. The highest BCUT2D eigenvalue weighted by atomic mass is 16.3. The quantitative estimate of drug-likeness (QED) is 0.748. The summed E-state index contributed by atoms with van der Waals surface area (Å²) in [6.07, 6.45) is 0. The first-order chi connectivity index (χ1) is 11.1. The first-order valence-corrected chi connectivity index (χ1v) is 6.86. The molecule has 0 amide bonds. The van der Waals surface area contributed by atoms with Crippen LogP contribution < -0.4 is 5.56 Å². The molecular weight excluding hydrogens is 290 g/mol. The zero-order valence-electron chi connectivity index (χ0n) is 12.2. The van der Waals surface area contributed by atoms with Crippen LogP contribution in [-0.2, 0) is 0 Å². The van der Waals surface area contributed by atoms with Gasteiger partial charge >= 0.3 is 0 Å². The molecule has 3 rings (SSSR count). The number of nitrogens with zero attached hydrogens (tertiary/aromatic N) is 3. The van der Waals surface area contributed by atoms with Crippen molar-refractivity contribution >= 4 is 10.9 Å². The second-order valence-corrected chi connectivity index (χ2v) is 5.10. The first kappa shape index (κ1) is 14.4. The Balaban J connectivity index is 2.50. The summed E-state index contributed by atoms with van der Waals surface area (Å²) < 4.78 is 1.34. The van der Waals surface area contributed by atoms with Crippen molar-refractivity contribution in [1.29, 1.82) is 10.5 Å². The van der Waals surface area contributed by atoms with Gasteiger partial charge in [0.2, 0.25) is 0 Å². The van der Waals surface area contributed by atoms with E-state index in [0.717, 1.165) is 5.56 Å². The third-order valence-electron chi connectivity index (χ3n) is 3.77. The molecule has 2 aromatic carbocycles. The molecule has 1 N–H and O–H groups in total. The van der Waals surface area contributed by atoms with Crippen LogP contribution >= 0.6 is 0 Å². The van der Waals surface area contributed by atoms with E-state index >= 15 is 0 Å². The van der Waals surface area contributed by atoms with Crippen LogP contribution in [0.1, 0.15) is 16.7 Å². The van der Waals surface area contributed by atoms with Gasteiger partial charge < -0.3 is 5.11 Å². The highest BCUT2D eigenvalue weighted by Gasteiger charge is 2.17. The summed E-state index contributed by atoms with van der Waals surface area (Å²) in [4.78, 5) is 12.6. The Kier molecular flexibility index (Phi) is 3.33. The lowest BCUT2D eigenvalue weighted by molar-refractivity contribution is 0.478. The smallest absolute Gasteiger partial charge is 0.277 e. The number of fused-ring (bicyclic) bond motifs is 1. The zero-order chi connectivity index (χ0) is 16.6. The summed E-state index contributed by atoms with van der Waals surface area (Å²) in [6, 6.07) is 15.7. The molecule has 0 aliphatic heterocycles. The van der Waals surface area contributed by atoms with E-state index in [4.69, 9.17) is 0 Å². The lowest BCUT2D eigenvalue weighted by Crippen LogP contribution is -2.21. The fraction of sp³-hybridized carbons (Fsp3) is 0.0556. The molecule has 0 aliphatic carbocycles. The Morgan fingerprint density at radius 2 is 1.83 bits per heavy atom. The van der Waals surface area contributed by atoms with E-state index in [-0.39, 0.29) is 11.3 Å². The van der Waals surface area contributed by atoms with Crippen LogP contribution in [0.4, 0.5) is 0 Å². The minimum absolute atomic E-state index is 0.317. The van der Waals surface area contributed by atoms with Crippen molar-refractivity contribution in [2.75, 3.05) is 0 Å². The van der Waals surface area contributed by atoms with Gasteiger partial charge in [0.05, 0.1) is 22.8 Å². The normalized spacial score (nSPS) is 10.2. The Bertz CT molecular complexity index is 1080. The van der Waals surface area contributed by atoms with Crippen LogP contribution in [-0.4, -0.2) is 9.67 Å². The van der Waals surface area contributed by atoms with E-state index in [0.29, 0.717) is 22.2 Å². The predicted octanol–water partition coefficient (Wildman–Crippen LogP) is 2.75. The van der Waals surface area contributed by atoms with Crippen molar-refractivity contribution in [3.05, 3.63) is 69.5 Å². The molecule has 0 aliphatic rings. The van der Waals surface area contributed by atoms with Gasteiger partial charge in [0.15, 0.2) is 5.56 Å². The molecule has 23 heavy (non-hydrogen) atoms. The molecule has 0 saturated carbocycles. The number of hydrogen-bond donors (Lipinski definition) is 1. The molecule has 0 spiro atoms. The summed E-state index contributed by atoms with van der Waals surface area (Å²) in [7, 11) is 0. The Morgan fingerprint density at radius 1 is 1.09 bits per heavy atom. The van der Waals surface area contributed by atoms with Gasteiger partial charge in [-0.1, -0.05) is 18.2 Å². The average Bonchev–Trinajstić information content (AvgIpc) is 2.57. The number of benzene rings is 2. The molecule has 3 aromatic rings. The summed E-state index contributed by atoms with van der Waals surface area (Å²) in [6.45, 7) is 1.81. The lowest BCUT2D eigenvalue weighted by Gasteiger charge is -2.13. The number of aryl methyl sites for hydroxylation is 1. The molecule has 0 radical (unpaired) electrons. The largest absolute Gasteiger partial charge is 0.506 e. The molecule has 5 nitrogen and oxygen atoms in total. The third-order valence-corrected chi connectivity index (χ3v) is 3.77. The van der Waals surface area contributed by atoms with Crippen LogP contribution in [0.15, 0.2) is 47.3 Å². The SMILES string of the molecule is Cc1ccc(-n2c(=O)c(C#N)c(O)c3ccccc32)cc1C#N. The number of aromatic nitrogens is 1. The molecule has 0 unspecified atom stereocenters. The van der Waals surface area contributed by atoms with E-state index in [1.54, 1.807) is 55.5 Å². The van der Waals surface area contributed by atoms with Gasteiger partial charge in [-0.25, -0.2) is 0 Å². The van der Waals surface area contributed by atoms with Crippen molar-refractivity contribution < 1.29 is 5.11 Å². The van der Waals surface area contributed by atoms with E-state index in [1.165, 1.54) is 4.57 Å². The summed E-state index contributed by atoms with van der Waals surface area (Å²) >= 11 is 0. The molecule has 0 atom stereocenters. The van der Waals surface area contributed by atoms with Gasteiger partial charge in [-0.05, 0) is 36.8 Å². The Labute approximate surface area is 131 Å². The summed E-state index contributed by atoms with van der Waals surface area (Å²) in [5, 5.41) is 29.0. The van der Waals surface area contributed by atoms with Crippen LogP contribution in [0.2, 0.25) is 0 Å². The number of rotatable bonds is 1. The van der Waals surface area contributed by atoms with Crippen LogP contribution in [0.3, 0.4) is 0 Å². The maximum absolute atomic E-state index is 12.6. The average molecular weight is 301 g/mol. The number of pyridine rings is 1. The molecule has 1 aromatic heterocycles. The molecule has 0 bridgehead atoms. The molecule has 0 fully saturated rings. The lowest BCUT2D eigenvalue weighted by atomic mass is 10.1. The topological polar surface area (TPSA) is 89.8 Å². The van der Waals surface area contributed by atoms with Gasteiger partial charge in [0.1, 0.15) is 11.8 Å². The number of aromatic hydroxyl groups is 1. The standard InChI is InChI=1S/C18H11N3O2/c1-11-6-7-13(8-12(11)9-19)21-16-5-3-2-4-14(16)17(22)15(10-20)18(21)23/h2-8,22H,1H3. The highest BCUT2D eigenvalue weighted by molar-refractivity contribution is 5.88. The van der Waals surface area contributed by atoms with Gasteiger partial charge in [0, 0.05) is 5.39 Å². The van der Waals surface area contributed by atoms with Crippen LogP contribution in [0.5, 0.6) is 5.75 Å². The Hall–Kier alpha value is -3.57. The van der Waals surface area contributed by atoms with Crippen molar-refractivity contribution in [2.45, 2.75) is 6.92 Å². The summed E-state index contributed by atoms with van der Waals surface area (Å²) in [5.41, 5.74) is 1.27. The number of nitriles is 2. The van der Waals surface area contributed by atoms with Crippen LogP contribution in [0, 0.1) is 29.6 Å². The number of para-hydroxylation sites is 1. The van der Waals surface area contributed by atoms with Gasteiger partial charge in [0.25, 0.3) is 5.56 Å². The molecule has 110 valence electrons. The molecular formula is C18H11N3O2. The van der Waals surface area contributed by atoms with Gasteiger partial charge in [-0.15, -0.1) is 0 Å². The van der Waals surface area contributed by atoms with E-state index in [2.05, 4.69) is 6.07 Å². The maximum Gasteiger partial charge on any atom is 0.277 e. The second-order valence-electron chi connectivity index (χ2n) is 5.10. The van der Waals surface area contributed by atoms with E-state index < -0.39 is 5.56 Å². The minimum Gasteiger partial charge on any atom is -0.506 e. The first-order valence-electron chi connectivity index (χ1n) is 6.86. The number of hydrogen-bond acceptors (Lipinski definition) is 4. The maximum atomic E-state index is 12.6. The Morgan fingerprint density at radius 3 is 2.52 bits per heavy atom. The monoisotopic (exact) mass is 301 g/mol. The molecule has 0 saturated heterocycles. The fourth-order valence-electron chi connectivity index (χ4n) is 2.55. The van der Waals surface area contributed by atoms with Crippen molar-refractivity contribution in [3.63, 3.8) is 0 Å². The highest BCUT2D eigenvalue weighted by Crippen LogP contribution is 2.27.